The number of thiazole rings is 1. The van der Waals surface area contributed by atoms with Crippen molar-refractivity contribution in [3.8, 4) is 17.2 Å². The molecule has 0 radical (unpaired) electrons. The highest BCUT2D eigenvalue weighted by atomic mass is 32.1. The second-order valence-corrected chi connectivity index (χ2v) is 9.44. The number of ketones is 3. The zero-order valence-corrected chi connectivity index (χ0v) is 20.5. The number of phenols is 2. The van der Waals surface area contributed by atoms with Crippen molar-refractivity contribution in [2.24, 2.45) is 0 Å². The van der Waals surface area contributed by atoms with E-state index in [-0.39, 0.29) is 46.0 Å². The fourth-order valence-electron chi connectivity index (χ4n) is 4.24. The lowest BCUT2D eigenvalue weighted by atomic mass is 9.70. The van der Waals surface area contributed by atoms with Crippen LogP contribution in [0.5, 0.6) is 17.2 Å². The summed E-state index contributed by atoms with van der Waals surface area (Å²) < 4.78 is 5.72. The number of aryl methyl sites for hydroxylation is 1. The molecule has 10 nitrogen and oxygen atoms in total. The highest BCUT2D eigenvalue weighted by molar-refractivity contribution is 7.13. The Bertz CT molecular complexity index is 1400. The smallest absolute Gasteiger partial charge is 0.245 e. The van der Waals surface area contributed by atoms with Crippen LogP contribution < -0.4 is 15.4 Å². The number of amides is 1. The molecule has 4 rings (SSSR count). The number of aromatic hydroxyl groups is 2. The third kappa shape index (κ3) is 3.68. The number of allylic oxidation sites excluding steroid dienone is 4. The lowest BCUT2D eigenvalue weighted by Gasteiger charge is -2.29. The maximum absolute atomic E-state index is 13.7. The normalized spacial score (nSPS) is 20.0. The molecule has 1 atom stereocenters. The average Bonchev–Trinajstić information content (AvgIpc) is 3.31. The standard InChI is InChI=1S/C24H23N3O7S/c1-9-8-35-23(26-9)27-15(30)7-25-11(3)16-13(29)6-14-24(5,22(16)33)18-20(32)10(2)19(31)17(12(4)28)21(18)34-14/h6,8,25,31-32H,7H2,1-5H3,(H,26,27,30). The Kier molecular flexibility index (Phi) is 5.76. The summed E-state index contributed by atoms with van der Waals surface area (Å²) in [6.45, 7) is 7.18. The summed E-state index contributed by atoms with van der Waals surface area (Å²) in [5, 5.41) is 28.9. The van der Waals surface area contributed by atoms with Crippen molar-refractivity contribution < 1.29 is 34.1 Å². The van der Waals surface area contributed by atoms with Crippen LogP contribution >= 0.6 is 11.3 Å². The number of rotatable bonds is 5. The van der Waals surface area contributed by atoms with Crippen LogP contribution in [-0.4, -0.2) is 45.0 Å². The Morgan fingerprint density at radius 2 is 1.86 bits per heavy atom. The van der Waals surface area contributed by atoms with Gasteiger partial charge in [0.2, 0.25) is 5.91 Å². The molecule has 2 heterocycles. The van der Waals surface area contributed by atoms with E-state index in [9.17, 15) is 29.4 Å². The van der Waals surface area contributed by atoms with Gasteiger partial charge in [-0.15, -0.1) is 11.3 Å². The molecule has 2 aliphatic rings. The number of fused-ring (bicyclic) bond motifs is 3. The van der Waals surface area contributed by atoms with Crippen molar-refractivity contribution in [1.82, 2.24) is 10.3 Å². The number of phenolic OH excluding ortho intramolecular Hbond substituents is 2. The van der Waals surface area contributed by atoms with Gasteiger partial charge in [-0.25, -0.2) is 4.98 Å². The maximum Gasteiger partial charge on any atom is 0.245 e. The van der Waals surface area contributed by atoms with Crippen molar-refractivity contribution in [3.05, 3.63) is 50.9 Å². The minimum atomic E-state index is -1.62. The minimum absolute atomic E-state index is 0.00364. The van der Waals surface area contributed by atoms with Gasteiger partial charge in [-0.05, 0) is 34.6 Å². The van der Waals surface area contributed by atoms with Crippen LogP contribution in [0.3, 0.4) is 0 Å². The van der Waals surface area contributed by atoms with Crippen molar-refractivity contribution in [2.45, 2.75) is 40.0 Å². The first kappa shape index (κ1) is 24.1. The van der Waals surface area contributed by atoms with Gasteiger partial charge in [-0.1, -0.05) is 0 Å². The fourth-order valence-corrected chi connectivity index (χ4v) is 4.94. The molecule has 1 unspecified atom stereocenters. The fraction of sp³-hybridized carbons (Fsp3) is 0.292. The maximum atomic E-state index is 13.7. The lowest BCUT2D eigenvalue weighted by molar-refractivity contribution is -0.124. The monoisotopic (exact) mass is 497 g/mol. The molecule has 2 aromatic rings. The summed E-state index contributed by atoms with van der Waals surface area (Å²) in [5.74, 6) is -3.34. The summed E-state index contributed by atoms with van der Waals surface area (Å²) in [6.07, 6.45) is 1.12. The summed E-state index contributed by atoms with van der Waals surface area (Å²) in [7, 11) is 0. The first-order valence-corrected chi connectivity index (χ1v) is 11.5. The first-order chi connectivity index (χ1) is 16.4. The number of anilines is 1. The minimum Gasteiger partial charge on any atom is -0.507 e. The molecule has 1 aromatic carbocycles. The number of aromatic nitrogens is 1. The van der Waals surface area contributed by atoms with Gasteiger partial charge in [0.15, 0.2) is 22.5 Å². The van der Waals surface area contributed by atoms with Gasteiger partial charge in [-0.3, -0.25) is 19.2 Å². The topological polar surface area (TPSA) is 155 Å². The molecule has 0 fully saturated rings. The molecule has 4 N–H and O–H groups in total. The number of carbonyl (C=O) groups is 4. The van der Waals surface area contributed by atoms with Gasteiger partial charge in [0.1, 0.15) is 34.0 Å². The highest BCUT2D eigenvalue weighted by Crippen LogP contribution is 2.57. The van der Waals surface area contributed by atoms with Gasteiger partial charge in [0.25, 0.3) is 0 Å². The number of nitrogens with one attached hydrogen (secondary N) is 2. The molecule has 0 spiro atoms. The van der Waals surface area contributed by atoms with Crippen LogP contribution in [0.15, 0.2) is 28.5 Å². The van der Waals surface area contributed by atoms with Gasteiger partial charge < -0.3 is 25.6 Å². The molecule has 11 heteroatoms. The summed E-state index contributed by atoms with van der Waals surface area (Å²) in [4.78, 5) is 55.3. The van der Waals surface area contributed by atoms with E-state index in [1.807, 2.05) is 0 Å². The Hall–Kier alpha value is -3.99. The quantitative estimate of drug-likeness (QED) is 0.277. The molecule has 0 bridgehead atoms. The van der Waals surface area contributed by atoms with E-state index in [4.69, 9.17) is 4.74 Å². The Labute approximate surface area is 204 Å². The second kappa shape index (κ2) is 8.35. The SMILES string of the molecule is CC(=O)c1c(O)c(C)c(O)c2c1OC1=CC(=O)C(=C(C)NCC(=O)Nc3nc(C)cs3)C(=O)C12C. The van der Waals surface area contributed by atoms with Crippen LogP contribution in [0.2, 0.25) is 0 Å². The number of carbonyl (C=O) groups excluding carboxylic acids is 4. The number of hydrogen-bond acceptors (Lipinski definition) is 10. The van der Waals surface area contributed by atoms with Crippen LogP contribution in [0.25, 0.3) is 0 Å². The Morgan fingerprint density at radius 1 is 1.17 bits per heavy atom. The van der Waals surface area contributed by atoms with Crippen LogP contribution in [0.1, 0.15) is 48.0 Å². The van der Waals surface area contributed by atoms with E-state index in [0.29, 0.717) is 5.13 Å². The Balaban J connectivity index is 1.71. The molecule has 1 amide bonds. The number of nitrogens with zero attached hydrogens (tertiary/aromatic N) is 1. The molecule has 0 saturated heterocycles. The van der Waals surface area contributed by atoms with Gasteiger partial charge >= 0.3 is 0 Å². The van der Waals surface area contributed by atoms with E-state index in [2.05, 4.69) is 15.6 Å². The van der Waals surface area contributed by atoms with Gasteiger partial charge in [0.05, 0.1) is 23.4 Å². The highest BCUT2D eigenvalue weighted by Gasteiger charge is 2.56. The molecular weight excluding hydrogens is 474 g/mol. The van der Waals surface area contributed by atoms with Crippen molar-refractivity contribution in [3.63, 3.8) is 0 Å². The molecule has 1 aliphatic heterocycles. The van der Waals surface area contributed by atoms with Crippen molar-refractivity contribution >= 4 is 39.7 Å². The average molecular weight is 498 g/mol. The molecule has 1 aromatic heterocycles. The van der Waals surface area contributed by atoms with Gasteiger partial charge in [-0.2, -0.15) is 0 Å². The third-order valence-electron chi connectivity index (χ3n) is 6.14. The molecular formula is C24H23N3O7S. The number of hydrogen-bond donors (Lipinski definition) is 4. The van der Waals surface area contributed by atoms with E-state index in [0.717, 1.165) is 11.8 Å². The van der Waals surface area contributed by atoms with E-state index >= 15 is 0 Å². The van der Waals surface area contributed by atoms with Crippen molar-refractivity contribution in [1.29, 1.82) is 0 Å². The summed E-state index contributed by atoms with van der Waals surface area (Å²) in [6, 6.07) is 0. The molecule has 35 heavy (non-hydrogen) atoms. The van der Waals surface area contributed by atoms with E-state index in [1.54, 1.807) is 12.3 Å². The largest absolute Gasteiger partial charge is 0.507 e. The lowest BCUT2D eigenvalue weighted by Crippen LogP contribution is -2.41. The van der Waals surface area contributed by atoms with Crippen LogP contribution in [0, 0.1) is 13.8 Å². The van der Waals surface area contributed by atoms with Crippen LogP contribution in [0.4, 0.5) is 5.13 Å². The van der Waals surface area contributed by atoms with Gasteiger partial charge in [0, 0.05) is 22.7 Å². The van der Waals surface area contributed by atoms with E-state index < -0.39 is 40.2 Å². The van der Waals surface area contributed by atoms with E-state index in [1.165, 1.54) is 39.0 Å². The summed E-state index contributed by atoms with van der Waals surface area (Å²) >= 11 is 1.27. The predicted octanol–water partition coefficient (Wildman–Crippen LogP) is 2.56. The predicted molar refractivity (Wildman–Crippen MR) is 127 cm³/mol. The first-order valence-electron chi connectivity index (χ1n) is 10.6. The number of benzene rings is 1. The zero-order chi connectivity index (χ0) is 25.8. The molecule has 182 valence electrons. The summed E-state index contributed by atoms with van der Waals surface area (Å²) in [5.41, 5.74) is -1.05. The zero-order valence-electron chi connectivity index (χ0n) is 19.7. The van der Waals surface area contributed by atoms with Crippen molar-refractivity contribution in [2.75, 3.05) is 11.9 Å². The van der Waals surface area contributed by atoms with Crippen LogP contribution in [-0.2, 0) is 19.8 Å². The molecule has 0 saturated carbocycles. The third-order valence-corrected chi connectivity index (χ3v) is 7.01. The number of ether oxygens (including phenoxy) is 1. The molecule has 1 aliphatic carbocycles. The number of Topliss-reactive ketones (excluding diaryl/α,β-unsaturated/α-hetero) is 2. The second-order valence-electron chi connectivity index (χ2n) is 8.58. The Morgan fingerprint density at radius 3 is 2.46 bits per heavy atom.